The first kappa shape index (κ1) is 17.3. The lowest BCUT2D eigenvalue weighted by Crippen LogP contribution is -2.38. The first-order valence-corrected chi connectivity index (χ1v) is 8.61. The second-order valence-corrected chi connectivity index (χ2v) is 6.37. The summed E-state index contributed by atoms with van der Waals surface area (Å²) >= 11 is 0. The first-order chi connectivity index (χ1) is 12.2. The number of aromatic nitrogens is 1. The van der Waals surface area contributed by atoms with Crippen molar-refractivity contribution >= 4 is 5.91 Å². The van der Waals surface area contributed by atoms with Gasteiger partial charge in [-0.25, -0.2) is 0 Å². The fourth-order valence-electron chi connectivity index (χ4n) is 3.35. The van der Waals surface area contributed by atoms with Crippen LogP contribution in [0.5, 0.6) is 11.5 Å². The molecule has 0 bridgehead atoms. The van der Waals surface area contributed by atoms with Crippen molar-refractivity contribution in [1.29, 1.82) is 0 Å². The topological polar surface area (TPSA) is 51.7 Å². The molecule has 0 unspecified atom stereocenters. The van der Waals surface area contributed by atoms with E-state index in [1.807, 2.05) is 23.1 Å². The van der Waals surface area contributed by atoms with E-state index in [-0.39, 0.29) is 5.91 Å². The van der Waals surface area contributed by atoms with Gasteiger partial charge in [-0.1, -0.05) is 6.07 Å². The highest BCUT2D eigenvalue weighted by Gasteiger charge is 2.24. The van der Waals surface area contributed by atoms with Crippen LogP contribution >= 0.6 is 0 Å². The third-order valence-corrected chi connectivity index (χ3v) is 4.78. The van der Waals surface area contributed by atoms with Gasteiger partial charge in [0.25, 0.3) is 5.91 Å². The van der Waals surface area contributed by atoms with Crippen molar-refractivity contribution in [3.8, 4) is 11.5 Å². The summed E-state index contributed by atoms with van der Waals surface area (Å²) in [5.74, 6) is 2.18. The molecule has 0 radical (unpaired) electrons. The van der Waals surface area contributed by atoms with Gasteiger partial charge in [0.1, 0.15) is 0 Å². The third kappa shape index (κ3) is 4.10. The maximum absolute atomic E-state index is 12.5. The van der Waals surface area contributed by atoms with Crippen molar-refractivity contribution in [2.24, 2.45) is 5.92 Å². The predicted octanol–water partition coefficient (Wildman–Crippen LogP) is 3.19. The smallest absolute Gasteiger partial charge is 0.255 e. The number of carbonyl (C=O) groups is 1. The molecule has 25 heavy (non-hydrogen) atoms. The van der Waals surface area contributed by atoms with Gasteiger partial charge < -0.3 is 14.4 Å². The lowest BCUT2D eigenvalue weighted by molar-refractivity contribution is 0.0690. The van der Waals surface area contributed by atoms with E-state index in [1.165, 1.54) is 5.56 Å². The van der Waals surface area contributed by atoms with Crippen LogP contribution in [0.3, 0.4) is 0 Å². The fourth-order valence-corrected chi connectivity index (χ4v) is 3.35. The van der Waals surface area contributed by atoms with Crippen molar-refractivity contribution in [3.05, 3.63) is 53.9 Å². The van der Waals surface area contributed by atoms with E-state index in [2.05, 4.69) is 11.1 Å². The minimum atomic E-state index is 0.0812. The van der Waals surface area contributed by atoms with Crippen molar-refractivity contribution < 1.29 is 14.3 Å². The number of carbonyl (C=O) groups excluding carboxylic acids is 1. The van der Waals surface area contributed by atoms with Gasteiger partial charge in [-0.05, 0) is 55.0 Å². The summed E-state index contributed by atoms with van der Waals surface area (Å²) in [6.45, 7) is 1.59. The maximum atomic E-state index is 12.5. The van der Waals surface area contributed by atoms with Crippen LogP contribution in [0.1, 0.15) is 28.8 Å². The van der Waals surface area contributed by atoms with E-state index >= 15 is 0 Å². The summed E-state index contributed by atoms with van der Waals surface area (Å²) in [5, 5.41) is 0. The maximum Gasteiger partial charge on any atom is 0.255 e. The second-order valence-electron chi connectivity index (χ2n) is 6.37. The Hall–Kier alpha value is -2.56. The van der Waals surface area contributed by atoms with E-state index in [0.717, 1.165) is 43.9 Å². The first-order valence-electron chi connectivity index (χ1n) is 8.61. The minimum Gasteiger partial charge on any atom is -0.493 e. The number of methoxy groups -OCH3 is 2. The number of nitrogens with zero attached hydrogens (tertiary/aromatic N) is 2. The van der Waals surface area contributed by atoms with Crippen LogP contribution in [-0.4, -0.2) is 43.1 Å². The van der Waals surface area contributed by atoms with Crippen LogP contribution in [0, 0.1) is 5.92 Å². The van der Waals surface area contributed by atoms with E-state index in [9.17, 15) is 4.79 Å². The Morgan fingerprint density at radius 1 is 1.16 bits per heavy atom. The van der Waals surface area contributed by atoms with Crippen LogP contribution in [0.15, 0.2) is 42.7 Å². The van der Waals surface area contributed by atoms with Crippen molar-refractivity contribution in [2.45, 2.75) is 19.3 Å². The quantitative estimate of drug-likeness (QED) is 0.839. The molecule has 132 valence electrons. The monoisotopic (exact) mass is 340 g/mol. The molecule has 1 aliphatic rings. The Morgan fingerprint density at radius 2 is 1.92 bits per heavy atom. The van der Waals surface area contributed by atoms with E-state index < -0.39 is 0 Å². The highest BCUT2D eigenvalue weighted by molar-refractivity contribution is 5.93. The molecule has 2 heterocycles. The summed E-state index contributed by atoms with van der Waals surface area (Å²) < 4.78 is 10.7. The third-order valence-electron chi connectivity index (χ3n) is 4.78. The highest BCUT2D eigenvalue weighted by atomic mass is 16.5. The van der Waals surface area contributed by atoms with Gasteiger partial charge in [-0.2, -0.15) is 0 Å². The second kappa shape index (κ2) is 8.01. The zero-order valence-electron chi connectivity index (χ0n) is 14.8. The molecule has 3 rings (SSSR count). The summed E-state index contributed by atoms with van der Waals surface area (Å²) in [5.41, 5.74) is 1.91. The van der Waals surface area contributed by atoms with Gasteiger partial charge in [-0.3, -0.25) is 9.78 Å². The summed E-state index contributed by atoms with van der Waals surface area (Å²) in [7, 11) is 3.30. The number of benzene rings is 1. The van der Waals surface area contributed by atoms with Crippen molar-refractivity contribution in [2.75, 3.05) is 27.3 Å². The molecule has 1 aliphatic heterocycles. The molecule has 1 aromatic carbocycles. The molecule has 0 spiro atoms. The average molecular weight is 340 g/mol. The molecule has 1 saturated heterocycles. The zero-order chi connectivity index (χ0) is 17.6. The van der Waals surface area contributed by atoms with Crippen LogP contribution in [-0.2, 0) is 6.42 Å². The SMILES string of the molecule is COc1ccc(CC2CCN(C(=O)c3cccnc3)CC2)cc1OC. The number of ether oxygens (including phenoxy) is 2. The van der Waals surface area contributed by atoms with Crippen LogP contribution < -0.4 is 9.47 Å². The molecular weight excluding hydrogens is 316 g/mol. The van der Waals surface area contributed by atoms with E-state index in [0.29, 0.717) is 11.5 Å². The average Bonchev–Trinajstić information content (AvgIpc) is 2.68. The number of piperidine rings is 1. The molecule has 1 amide bonds. The Kier molecular flexibility index (Phi) is 5.53. The molecule has 0 saturated carbocycles. The zero-order valence-corrected chi connectivity index (χ0v) is 14.8. The normalized spacial score (nSPS) is 15.0. The predicted molar refractivity (Wildman–Crippen MR) is 96.1 cm³/mol. The number of likely N-dealkylation sites (tertiary alicyclic amines) is 1. The largest absolute Gasteiger partial charge is 0.493 e. The molecule has 1 aromatic heterocycles. The Labute approximate surface area is 148 Å². The van der Waals surface area contributed by atoms with Crippen LogP contribution in [0.2, 0.25) is 0 Å². The molecule has 0 N–H and O–H groups in total. The molecule has 0 atom stereocenters. The Balaban J connectivity index is 1.57. The lowest BCUT2D eigenvalue weighted by Gasteiger charge is -2.32. The van der Waals surface area contributed by atoms with Crippen LogP contribution in [0.4, 0.5) is 0 Å². The Bertz CT molecular complexity index is 710. The van der Waals surface area contributed by atoms with Gasteiger partial charge in [0.2, 0.25) is 0 Å². The standard InChI is InChI=1S/C20H24N2O3/c1-24-18-6-5-16(13-19(18)25-2)12-15-7-10-22(11-8-15)20(23)17-4-3-9-21-14-17/h3-6,9,13-15H,7-8,10-12H2,1-2H3. The fraction of sp³-hybridized carbons (Fsp3) is 0.400. The number of hydrogen-bond acceptors (Lipinski definition) is 4. The molecule has 2 aromatic rings. The van der Waals surface area contributed by atoms with Gasteiger partial charge in [0.05, 0.1) is 19.8 Å². The van der Waals surface area contributed by atoms with Crippen LogP contribution in [0.25, 0.3) is 0 Å². The van der Waals surface area contributed by atoms with Gasteiger partial charge in [-0.15, -0.1) is 0 Å². The molecule has 5 nitrogen and oxygen atoms in total. The summed E-state index contributed by atoms with van der Waals surface area (Å²) in [4.78, 5) is 18.4. The minimum absolute atomic E-state index is 0.0812. The molecule has 5 heteroatoms. The Morgan fingerprint density at radius 3 is 2.56 bits per heavy atom. The van der Waals surface area contributed by atoms with E-state index in [4.69, 9.17) is 9.47 Å². The number of rotatable bonds is 5. The van der Waals surface area contributed by atoms with Gasteiger partial charge in [0, 0.05) is 25.5 Å². The van der Waals surface area contributed by atoms with Gasteiger partial charge in [0.15, 0.2) is 11.5 Å². The number of amides is 1. The lowest BCUT2D eigenvalue weighted by atomic mass is 9.90. The van der Waals surface area contributed by atoms with Gasteiger partial charge >= 0.3 is 0 Å². The number of hydrogen-bond donors (Lipinski definition) is 0. The van der Waals surface area contributed by atoms with E-state index in [1.54, 1.807) is 32.7 Å². The molecular formula is C20H24N2O3. The van der Waals surface area contributed by atoms with Crippen molar-refractivity contribution in [3.63, 3.8) is 0 Å². The molecule has 1 fully saturated rings. The number of pyridine rings is 1. The molecule has 0 aliphatic carbocycles. The highest BCUT2D eigenvalue weighted by Crippen LogP contribution is 2.30. The summed E-state index contributed by atoms with van der Waals surface area (Å²) in [6, 6.07) is 9.72. The summed E-state index contributed by atoms with van der Waals surface area (Å²) in [6.07, 6.45) is 6.35. The van der Waals surface area contributed by atoms with Crippen molar-refractivity contribution in [1.82, 2.24) is 9.88 Å².